The Morgan fingerprint density at radius 3 is 2.52 bits per heavy atom. The fourth-order valence-electron chi connectivity index (χ4n) is 3.49. The monoisotopic (exact) mass is 466 g/mol. The van der Waals surface area contributed by atoms with E-state index in [2.05, 4.69) is 11.4 Å². The van der Waals surface area contributed by atoms with Crippen LogP contribution in [0.25, 0.3) is 0 Å². The van der Waals surface area contributed by atoms with Crippen molar-refractivity contribution < 1.29 is 19.1 Å². The lowest BCUT2D eigenvalue weighted by Gasteiger charge is -2.18. The first-order valence-electron chi connectivity index (χ1n) is 10.9. The average Bonchev–Trinajstić information content (AvgIpc) is 3.35. The summed E-state index contributed by atoms with van der Waals surface area (Å²) in [6.45, 7) is 0.549. The predicted octanol–water partition coefficient (Wildman–Crippen LogP) is 5.04. The number of amides is 2. The molecule has 3 aromatic rings. The number of nitrogens with zero attached hydrogens (tertiary/aromatic N) is 1. The van der Waals surface area contributed by atoms with Gasteiger partial charge in [-0.2, -0.15) is 0 Å². The molecule has 174 valence electrons. The maximum atomic E-state index is 12.9. The summed E-state index contributed by atoms with van der Waals surface area (Å²) < 4.78 is 10.6. The highest BCUT2D eigenvalue weighted by Gasteiger charge is 2.14. The van der Waals surface area contributed by atoms with Gasteiger partial charge >= 0.3 is 0 Å². The molecule has 0 unspecified atom stereocenters. The van der Waals surface area contributed by atoms with Crippen molar-refractivity contribution in [1.29, 1.82) is 0 Å². The first-order chi connectivity index (χ1) is 16.0. The van der Waals surface area contributed by atoms with E-state index >= 15 is 0 Å². The van der Waals surface area contributed by atoms with Crippen LogP contribution in [0.15, 0.2) is 60.0 Å². The number of aryl methyl sites for hydroxylation is 1. The molecule has 2 amide bonds. The predicted molar refractivity (Wildman–Crippen MR) is 133 cm³/mol. The minimum atomic E-state index is -0.0933. The Hall–Kier alpha value is -3.32. The Labute approximate surface area is 199 Å². The number of benzene rings is 2. The van der Waals surface area contributed by atoms with Crippen LogP contribution in [0.4, 0.5) is 5.69 Å². The van der Waals surface area contributed by atoms with E-state index in [0.717, 1.165) is 18.4 Å². The van der Waals surface area contributed by atoms with Crippen molar-refractivity contribution >= 4 is 28.8 Å². The highest BCUT2D eigenvalue weighted by molar-refractivity contribution is 7.09. The quantitative estimate of drug-likeness (QED) is 0.430. The van der Waals surface area contributed by atoms with Gasteiger partial charge in [-0.25, -0.2) is 0 Å². The van der Waals surface area contributed by atoms with E-state index in [1.165, 1.54) is 4.88 Å². The van der Waals surface area contributed by atoms with E-state index < -0.39 is 0 Å². The fraction of sp³-hybridized carbons (Fsp3) is 0.308. The third-order valence-corrected chi connectivity index (χ3v) is 6.27. The van der Waals surface area contributed by atoms with Gasteiger partial charge in [-0.15, -0.1) is 11.3 Å². The smallest absolute Gasteiger partial charge is 0.253 e. The number of ether oxygens (including phenoxy) is 2. The van der Waals surface area contributed by atoms with E-state index in [0.29, 0.717) is 42.1 Å². The zero-order valence-corrected chi connectivity index (χ0v) is 20.1. The molecular formula is C26H30N2O4S. The van der Waals surface area contributed by atoms with Gasteiger partial charge in [0.15, 0.2) is 11.5 Å². The minimum Gasteiger partial charge on any atom is -0.493 e. The van der Waals surface area contributed by atoms with Crippen molar-refractivity contribution in [2.45, 2.75) is 25.7 Å². The molecule has 0 radical (unpaired) electrons. The van der Waals surface area contributed by atoms with Gasteiger partial charge in [0.1, 0.15) is 0 Å². The van der Waals surface area contributed by atoms with Crippen molar-refractivity contribution in [1.82, 2.24) is 4.90 Å². The minimum absolute atomic E-state index is 0.0436. The lowest BCUT2D eigenvalue weighted by molar-refractivity contribution is -0.116. The summed E-state index contributed by atoms with van der Waals surface area (Å²) in [7, 11) is 4.98. The summed E-state index contributed by atoms with van der Waals surface area (Å²) in [5.41, 5.74) is 2.23. The van der Waals surface area contributed by atoms with Crippen LogP contribution in [0.3, 0.4) is 0 Å². The van der Waals surface area contributed by atoms with Crippen molar-refractivity contribution in [3.63, 3.8) is 0 Å². The van der Waals surface area contributed by atoms with Crippen molar-refractivity contribution in [2.24, 2.45) is 0 Å². The number of rotatable bonds is 11. The highest BCUT2D eigenvalue weighted by atomic mass is 32.1. The number of thiophene rings is 1. The van der Waals surface area contributed by atoms with Crippen molar-refractivity contribution in [3.05, 3.63) is 76.0 Å². The van der Waals surface area contributed by atoms with Gasteiger partial charge in [0.2, 0.25) is 5.91 Å². The number of likely N-dealkylation sites (N-methyl/N-ethyl adjacent to an activating group) is 1. The molecule has 0 aliphatic carbocycles. The molecule has 0 spiro atoms. The lowest BCUT2D eigenvalue weighted by atomic mass is 10.1. The molecule has 0 saturated carbocycles. The third-order valence-electron chi connectivity index (χ3n) is 5.33. The molecule has 7 heteroatoms. The maximum absolute atomic E-state index is 12.9. The normalized spacial score (nSPS) is 10.5. The molecular weight excluding hydrogens is 436 g/mol. The summed E-state index contributed by atoms with van der Waals surface area (Å²) in [5.74, 6) is 1.21. The lowest BCUT2D eigenvalue weighted by Crippen LogP contribution is -2.29. The molecule has 1 aromatic heterocycles. The van der Waals surface area contributed by atoms with Crippen molar-refractivity contribution in [3.8, 4) is 11.5 Å². The standard InChI is InChI=1S/C26H30N2O4S/c1-28(15-14-19-12-13-23(31-2)24(17-19)32-3)26(30)20-7-4-8-21(18-20)27-25(29)11-5-9-22-10-6-16-33-22/h4,6-8,10,12-13,16-18H,5,9,11,14-15H2,1-3H3,(H,27,29). The van der Waals surface area contributed by atoms with Crippen LogP contribution in [0, 0.1) is 0 Å². The first kappa shape index (κ1) is 24.3. The van der Waals surface area contributed by atoms with Crippen LogP contribution >= 0.6 is 11.3 Å². The van der Waals surface area contributed by atoms with E-state index in [1.54, 1.807) is 61.8 Å². The van der Waals surface area contributed by atoms with Crippen LogP contribution < -0.4 is 14.8 Å². The van der Waals surface area contributed by atoms with E-state index in [9.17, 15) is 9.59 Å². The van der Waals surface area contributed by atoms with Crippen LogP contribution in [-0.4, -0.2) is 44.5 Å². The Kier molecular flexibility index (Phi) is 8.89. The van der Waals surface area contributed by atoms with Crippen LogP contribution in [0.1, 0.15) is 33.6 Å². The summed E-state index contributed by atoms with van der Waals surface area (Å²) in [5, 5.41) is 4.95. The molecule has 6 nitrogen and oxygen atoms in total. The van der Waals surface area contributed by atoms with Gasteiger partial charge in [0.25, 0.3) is 5.91 Å². The Bertz CT molecular complexity index is 1070. The topological polar surface area (TPSA) is 67.9 Å². The second kappa shape index (κ2) is 12.1. The largest absolute Gasteiger partial charge is 0.493 e. The first-order valence-corrected chi connectivity index (χ1v) is 11.8. The molecule has 0 bridgehead atoms. The molecule has 2 aromatic carbocycles. The number of carbonyl (C=O) groups is 2. The maximum Gasteiger partial charge on any atom is 0.253 e. The molecule has 3 rings (SSSR count). The van der Waals surface area contributed by atoms with Gasteiger partial charge in [-0.1, -0.05) is 18.2 Å². The number of methoxy groups -OCH3 is 2. The third kappa shape index (κ3) is 7.08. The fourth-order valence-corrected chi connectivity index (χ4v) is 4.24. The molecule has 33 heavy (non-hydrogen) atoms. The second-order valence-corrected chi connectivity index (χ2v) is 8.76. The zero-order valence-electron chi connectivity index (χ0n) is 19.3. The van der Waals surface area contributed by atoms with E-state index in [1.807, 2.05) is 29.6 Å². The van der Waals surface area contributed by atoms with Gasteiger partial charge in [-0.05, 0) is 66.6 Å². The Morgan fingerprint density at radius 1 is 0.970 bits per heavy atom. The Morgan fingerprint density at radius 2 is 1.79 bits per heavy atom. The second-order valence-electron chi connectivity index (χ2n) is 7.73. The number of hydrogen-bond donors (Lipinski definition) is 1. The average molecular weight is 467 g/mol. The van der Waals surface area contributed by atoms with Crippen molar-refractivity contribution in [2.75, 3.05) is 33.1 Å². The highest BCUT2D eigenvalue weighted by Crippen LogP contribution is 2.27. The molecule has 0 fully saturated rings. The van der Waals surface area contributed by atoms with Crippen LogP contribution in [-0.2, 0) is 17.6 Å². The van der Waals surface area contributed by atoms with E-state index in [4.69, 9.17) is 9.47 Å². The zero-order chi connectivity index (χ0) is 23.6. The van der Waals surface area contributed by atoms with Gasteiger partial charge in [0.05, 0.1) is 14.2 Å². The number of hydrogen-bond acceptors (Lipinski definition) is 5. The molecule has 0 aliphatic rings. The van der Waals surface area contributed by atoms with Gasteiger partial charge in [0, 0.05) is 36.1 Å². The molecule has 1 heterocycles. The SMILES string of the molecule is COc1ccc(CCN(C)C(=O)c2cccc(NC(=O)CCCc3cccs3)c2)cc1OC. The van der Waals surface area contributed by atoms with Crippen LogP contribution in [0.2, 0.25) is 0 Å². The summed E-state index contributed by atoms with van der Waals surface area (Å²) in [6, 6.07) is 16.9. The summed E-state index contributed by atoms with van der Waals surface area (Å²) >= 11 is 1.71. The number of nitrogens with one attached hydrogen (secondary N) is 1. The van der Waals surface area contributed by atoms with Gasteiger partial charge in [-0.3, -0.25) is 9.59 Å². The number of carbonyl (C=O) groups excluding carboxylic acids is 2. The Balaban J connectivity index is 1.52. The summed E-state index contributed by atoms with van der Waals surface area (Å²) in [6.07, 6.45) is 2.82. The van der Waals surface area contributed by atoms with Gasteiger partial charge < -0.3 is 19.7 Å². The van der Waals surface area contributed by atoms with E-state index in [-0.39, 0.29) is 11.8 Å². The molecule has 1 N–H and O–H groups in total. The molecule has 0 saturated heterocycles. The summed E-state index contributed by atoms with van der Waals surface area (Å²) in [4.78, 5) is 28.2. The molecule has 0 aliphatic heterocycles. The van der Waals surface area contributed by atoms with Crippen LogP contribution in [0.5, 0.6) is 11.5 Å². The number of anilines is 1. The molecule has 0 atom stereocenters.